The van der Waals surface area contributed by atoms with Crippen LogP contribution in [0.25, 0.3) is 22.4 Å². The Balaban J connectivity index is 2.23. The van der Waals surface area contributed by atoms with Crippen molar-refractivity contribution >= 4 is 22.6 Å². The van der Waals surface area contributed by atoms with E-state index in [1.54, 1.807) is 0 Å². The molecule has 1 heterocycles. The van der Waals surface area contributed by atoms with Crippen LogP contribution >= 0.6 is 11.6 Å². The molecule has 4 heteroatoms. The molecule has 0 atom stereocenters. The third-order valence-corrected chi connectivity index (χ3v) is 4.20. The lowest BCUT2D eigenvalue weighted by Gasteiger charge is -2.07. The van der Waals surface area contributed by atoms with Gasteiger partial charge in [-0.2, -0.15) is 0 Å². The van der Waals surface area contributed by atoms with E-state index in [4.69, 9.17) is 22.3 Å². The summed E-state index contributed by atoms with van der Waals surface area (Å²) >= 11 is 6.25. The van der Waals surface area contributed by atoms with Crippen LogP contribution in [0.15, 0.2) is 36.4 Å². The van der Waals surface area contributed by atoms with Crippen molar-refractivity contribution in [3.05, 3.63) is 52.5 Å². The molecule has 108 valence electrons. The van der Waals surface area contributed by atoms with Gasteiger partial charge in [-0.25, -0.2) is 4.98 Å². The first-order valence-electron chi connectivity index (χ1n) is 7.09. The van der Waals surface area contributed by atoms with Crippen LogP contribution in [-0.4, -0.2) is 9.55 Å². The van der Waals surface area contributed by atoms with Gasteiger partial charge in [0.2, 0.25) is 0 Å². The van der Waals surface area contributed by atoms with E-state index in [0.717, 1.165) is 45.1 Å². The molecule has 0 radical (unpaired) electrons. The summed E-state index contributed by atoms with van der Waals surface area (Å²) in [4.78, 5) is 4.78. The van der Waals surface area contributed by atoms with Crippen molar-refractivity contribution < 1.29 is 0 Å². The molecule has 21 heavy (non-hydrogen) atoms. The summed E-state index contributed by atoms with van der Waals surface area (Å²) in [5.74, 6) is 0.948. The highest BCUT2D eigenvalue weighted by Crippen LogP contribution is 2.28. The molecular weight excluding hydrogens is 282 g/mol. The van der Waals surface area contributed by atoms with E-state index >= 15 is 0 Å². The minimum atomic E-state index is 0.528. The Morgan fingerprint density at radius 1 is 1.19 bits per heavy atom. The van der Waals surface area contributed by atoms with Gasteiger partial charge in [-0.05, 0) is 43.2 Å². The van der Waals surface area contributed by atoms with E-state index in [2.05, 4.69) is 35.8 Å². The van der Waals surface area contributed by atoms with Gasteiger partial charge in [-0.15, -0.1) is 0 Å². The third-order valence-electron chi connectivity index (χ3n) is 3.79. The average Bonchev–Trinajstić information content (AvgIpc) is 2.87. The second kappa shape index (κ2) is 5.51. The number of aromatic nitrogens is 2. The number of nitrogens with zero attached hydrogens (tertiary/aromatic N) is 2. The third kappa shape index (κ3) is 2.43. The van der Waals surface area contributed by atoms with Gasteiger partial charge in [0.1, 0.15) is 5.82 Å². The van der Waals surface area contributed by atoms with Gasteiger partial charge in [-0.3, -0.25) is 0 Å². The minimum Gasteiger partial charge on any atom is -0.326 e. The molecule has 2 N–H and O–H groups in total. The first-order chi connectivity index (χ1) is 10.1. The van der Waals surface area contributed by atoms with E-state index in [1.165, 1.54) is 0 Å². The Kier molecular flexibility index (Phi) is 3.70. The van der Waals surface area contributed by atoms with Crippen molar-refractivity contribution in [2.24, 2.45) is 5.73 Å². The van der Waals surface area contributed by atoms with Gasteiger partial charge in [0.25, 0.3) is 0 Å². The molecule has 0 saturated carbocycles. The predicted molar refractivity (Wildman–Crippen MR) is 88.5 cm³/mol. The fraction of sp³-hybridized carbons (Fsp3) is 0.235. The highest BCUT2D eigenvalue weighted by atomic mass is 35.5. The molecule has 0 amide bonds. The van der Waals surface area contributed by atoms with Crippen LogP contribution in [0.1, 0.15) is 18.1 Å². The molecule has 0 aliphatic carbocycles. The summed E-state index contributed by atoms with van der Waals surface area (Å²) in [7, 11) is 0. The summed E-state index contributed by atoms with van der Waals surface area (Å²) in [5, 5.41) is 0.768. The number of rotatable bonds is 3. The van der Waals surface area contributed by atoms with Gasteiger partial charge in [-0.1, -0.05) is 29.8 Å². The second-order valence-electron chi connectivity index (χ2n) is 5.17. The average molecular weight is 300 g/mol. The zero-order valence-corrected chi connectivity index (χ0v) is 13.0. The molecule has 0 spiro atoms. The Labute approximate surface area is 129 Å². The number of hydrogen-bond acceptors (Lipinski definition) is 2. The van der Waals surface area contributed by atoms with Crippen LogP contribution in [0.2, 0.25) is 5.02 Å². The largest absolute Gasteiger partial charge is 0.326 e. The lowest BCUT2D eigenvalue weighted by molar-refractivity contribution is 0.796. The molecule has 0 aliphatic heterocycles. The molecule has 1 aromatic heterocycles. The van der Waals surface area contributed by atoms with Crippen LogP contribution < -0.4 is 5.73 Å². The summed E-state index contributed by atoms with van der Waals surface area (Å²) in [5.41, 5.74) is 11.0. The Bertz CT molecular complexity index is 805. The summed E-state index contributed by atoms with van der Waals surface area (Å²) in [6.45, 7) is 5.51. The maximum Gasteiger partial charge on any atom is 0.141 e. The minimum absolute atomic E-state index is 0.528. The standard InChI is InChI=1S/C17H18ClN3/c1-3-21-16-7-5-12(10-19)8-15(16)20-17(21)13-6-4-11(2)14(18)9-13/h4-9H,3,10,19H2,1-2H3. The Morgan fingerprint density at radius 3 is 2.67 bits per heavy atom. The number of aryl methyl sites for hydroxylation is 2. The molecule has 3 aromatic rings. The summed E-state index contributed by atoms with van der Waals surface area (Å²) < 4.78 is 2.20. The first-order valence-corrected chi connectivity index (χ1v) is 7.47. The van der Waals surface area contributed by atoms with Gasteiger partial charge in [0.05, 0.1) is 11.0 Å². The van der Waals surface area contributed by atoms with Crippen molar-refractivity contribution in [2.45, 2.75) is 26.9 Å². The van der Waals surface area contributed by atoms with Gasteiger partial charge < -0.3 is 10.3 Å². The fourth-order valence-electron chi connectivity index (χ4n) is 2.57. The smallest absolute Gasteiger partial charge is 0.141 e. The van der Waals surface area contributed by atoms with Gasteiger partial charge >= 0.3 is 0 Å². The monoisotopic (exact) mass is 299 g/mol. The highest BCUT2D eigenvalue weighted by Gasteiger charge is 2.12. The van der Waals surface area contributed by atoms with Crippen LogP contribution in [0.3, 0.4) is 0 Å². The predicted octanol–water partition coefficient (Wildman–Crippen LogP) is 4.14. The first kappa shape index (κ1) is 14.1. The maximum absolute atomic E-state index is 6.25. The molecule has 2 aromatic carbocycles. The summed E-state index contributed by atoms with van der Waals surface area (Å²) in [6, 6.07) is 12.3. The number of benzene rings is 2. The molecule has 0 aliphatic rings. The normalized spacial score (nSPS) is 11.2. The van der Waals surface area contributed by atoms with Gasteiger partial charge in [0, 0.05) is 23.7 Å². The van der Waals surface area contributed by atoms with Crippen molar-refractivity contribution in [1.29, 1.82) is 0 Å². The lowest BCUT2D eigenvalue weighted by Crippen LogP contribution is -1.98. The topological polar surface area (TPSA) is 43.8 Å². The van der Waals surface area contributed by atoms with Crippen molar-refractivity contribution in [2.75, 3.05) is 0 Å². The van der Waals surface area contributed by atoms with Gasteiger partial charge in [0.15, 0.2) is 0 Å². The van der Waals surface area contributed by atoms with Crippen LogP contribution in [0.5, 0.6) is 0 Å². The zero-order valence-electron chi connectivity index (χ0n) is 12.2. The van der Waals surface area contributed by atoms with E-state index in [9.17, 15) is 0 Å². The zero-order chi connectivity index (χ0) is 15.0. The number of nitrogens with two attached hydrogens (primary N) is 1. The molecule has 3 nitrogen and oxygen atoms in total. The molecular formula is C17H18ClN3. The maximum atomic E-state index is 6.25. The van der Waals surface area contributed by atoms with Crippen molar-refractivity contribution in [1.82, 2.24) is 9.55 Å². The Hall–Kier alpha value is -1.84. The van der Waals surface area contributed by atoms with E-state index in [1.807, 2.05) is 19.1 Å². The van der Waals surface area contributed by atoms with Crippen molar-refractivity contribution in [3.8, 4) is 11.4 Å². The number of fused-ring (bicyclic) bond motifs is 1. The van der Waals surface area contributed by atoms with Crippen molar-refractivity contribution in [3.63, 3.8) is 0 Å². The Morgan fingerprint density at radius 2 is 2.00 bits per heavy atom. The van der Waals surface area contributed by atoms with E-state index in [0.29, 0.717) is 6.54 Å². The number of hydrogen-bond donors (Lipinski definition) is 1. The number of halogens is 1. The molecule has 3 rings (SSSR count). The SMILES string of the molecule is CCn1c(-c2ccc(C)c(Cl)c2)nc2cc(CN)ccc21. The quantitative estimate of drug-likeness (QED) is 0.790. The number of imidazole rings is 1. The van der Waals surface area contributed by atoms with E-state index < -0.39 is 0 Å². The molecule has 0 bridgehead atoms. The molecule has 0 unspecified atom stereocenters. The lowest BCUT2D eigenvalue weighted by atomic mass is 10.1. The molecule has 0 saturated heterocycles. The fourth-order valence-corrected chi connectivity index (χ4v) is 2.76. The van der Waals surface area contributed by atoms with Crippen LogP contribution in [-0.2, 0) is 13.1 Å². The van der Waals surface area contributed by atoms with Crippen LogP contribution in [0.4, 0.5) is 0 Å². The molecule has 0 fully saturated rings. The highest BCUT2D eigenvalue weighted by molar-refractivity contribution is 6.31. The second-order valence-corrected chi connectivity index (χ2v) is 5.58. The van der Waals surface area contributed by atoms with Crippen LogP contribution in [0, 0.1) is 6.92 Å². The summed E-state index contributed by atoms with van der Waals surface area (Å²) in [6.07, 6.45) is 0. The van der Waals surface area contributed by atoms with E-state index in [-0.39, 0.29) is 0 Å².